The lowest BCUT2D eigenvalue weighted by Crippen LogP contribution is -2.43. The first-order valence-corrected chi connectivity index (χ1v) is 7.44. The largest absolute Gasteiger partial charge is 0.356 e. The molecule has 4 nitrogen and oxygen atoms in total. The minimum Gasteiger partial charge on any atom is -0.356 e. The van der Waals surface area contributed by atoms with Crippen LogP contribution in [0, 0.1) is 5.92 Å². The van der Waals surface area contributed by atoms with Crippen molar-refractivity contribution in [3.8, 4) is 0 Å². The van der Waals surface area contributed by atoms with Gasteiger partial charge in [0.2, 0.25) is 0 Å². The van der Waals surface area contributed by atoms with Gasteiger partial charge in [-0.2, -0.15) is 0 Å². The maximum atomic E-state index is 4.26. The first-order chi connectivity index (χ1) is 8.79. The van der Waals surface area contributed by atoms with Crippen LogP contribution in [0.15, 0.2) is 4.99 Å². The third-order valence-corrected chi connectivity index (χ3v) is 4.18. The van der Waals surface area contributed by atoms with E-state index in [-0.39, 0.29) is 0 Å². The van der Waals surface area contributed by atoms with Gasteiger partial charge < -0.3 is 15.5 Å². The second kappa shape index (κ2) is 6.98. The van der Waals surface area contributed by atoms with Crippen LogP contribution >= 0.6 is 0 Å². The van der Waals surface area contributed by atoms with Gasteiger partial charge >= 0.3 is 0 Å². The summed E-state index contributed by atoms with van der Waals surface area (Å²) in [4.78, 5) is 6.75. The predicted octanol–water partition coefficient (Wildman–Crippen LogP) is 1.44. The van der Waals surface area contributed by atoms with E-state index in [0.717, 1.165) is 37.6 Å². The summed E-state index contributed by atoms with van der Waals surface area (Å²) in [5, 5.41) is 6.80. The van der Waals surface area contributed by atoms with Crippen LogP contribution in [0.1, 0.15) is 38.5 Å². The Labute approximate surface area is 111 Å². The number of guanidine groups is 1. The van der Waals surface area contributed by atoms with Crippen LogP contribution in [0.3, 0.4) is 0 Å². The Kier molecular flexibility index (Phi) is 5.29. The van der Waals surface area contributed by atoms with Crippen LogP contribution in [0.4, 0.5) is 0 Å². The molecule has 0 saturated heterocycles. The van der Waals surface area contributed by atoms with Gasteiger partial charge in [0.05, 0.1) is 0 Å². The molecule has 0 unspecified atom stereocenters. The zero-order chi connectivity index (χ0) is 12.8. The van der Waals surface area contributed by atoms with Crippen LogP contribution in [0.2, 0.25) is 0 Å². The fourth-order valence-electron chi connectivity index (χ4n) is 2.66. The van der Waals surface area contributed by atoms with Gasteiger partial charge in [-0.3, -0.25) is 4.99 Å². The van der Waals surface area contributed by atoms with Gasteiger partial charge in [0, 0.05) is 32.7 Å². The van der Waals surface area contributed by atoms with E-state index in [1.807, 2.05) is 7.05 Å². The summed E-state index contributed by atoms with van der Waals surface area (Å²) >= 11 is 0. The van der Waals surface area contributed by atoms with E-state index in [4.69, 9.17) is 0 Å². The Hall–Kier alpha value is -0.770. The summed E-state index contributed by atoms with van der Waals surface area (Å²) in [6.07, 6.45) is 8.35. The number of aliphatic imine (C=N–C) groups is 1. The fraction of sp³-hybridized carbons (Fsp3) is 0.929. The molecule has 0 spiro atoms. The van der Waals surface area contributed by atoms with E-state index in [1.165, 1.54) is 38.5 Å². The van der Waals surface area contributed by atoms with Crippen LogP contribution in [0.5, 0.6) is 0 Å². The molecule has 0 aliphatic heterocycles. The molecule has 2 rings (SSSR count). The van der Waals surface area contributed by atoms with Crippen molar-refractivity contribution in [3.05, 3.63) is 0 Å². The van der Waals surface area contributed by atoms with Gasteiger partial charge in [-0.1, -0.05) is 12.8 Å². The summed E-state index contributed by atoms with van der Waals surface area (Å²) in [6, 6.07) is 0.813. The maximum absolute atomic E-state index is 4.26. The zero-order valence-corrected chi connectivity index (χ0v) is 11.9. The van der Waals surface area contributed by atoms with Gasteiger partial charge in [0.1, 0.15) is 0 Å². The van der Waals surface area contributed by atoms with E-state index < -0.39 is 0 Å². The van der Waals surface area contributed by atoms with Crippen molar-refractivity contribution in [2.45, 2.75) is 44.6 Å². The summed E-state index contributed by atoms with van der Waals surface area (Å²) in [5.41, 5.74) is 0. The summed E-state index contributed by atoms with van der Waals surface area (Å²) in [7, 11) is 4.10. The van der Waals surface area contributed by atoms with Gasteiger partial charge in [-0.15, -0.1) is 0 Å². The fourth-order valence-corrected chi connectivity index (χ4v) is 2.66. The van der Waals surface area contributed by atoms with Crippen molar-refractivity contribution in [1.82, 2.24) is 15.5 Å². The molecular formula is C14H28N4. The Bertz CT molecular complexity index is 267. The highest BCUT2D eigenvalue weighted by atomic mass is 15.2. The standard InChI is InChI=1S/C14H28N4/c1-15-14(17-11-12-7-8-12)16-9-10-18(2)13-5-3-4-6-13/h12-13H,3-11H2,1-2H3,(H2,15,16,17). The Balaban J connectivity index is 1.57. The highest BCUT2D eigenvalue weighted by molar-refractivity contribution is 5.79. The monoisotopic (exact) mass is 252 g/mol. The van der Waals surface area contributed by atoms with Crippen LogP contribution < -0.4 is 10.6 Å². The molecule has 18 heavy (non-hydrogen) atoms. The van der Waals surface area contributed by atoms with Gasteiger partial charge in [0.25, 0.3) is 0 Å². The molecule has 0 aromatic heterocycles. The molecule has 2 fully saturated rings. The molecule has 2 aliphatic rings. The molecule has 0 radical (unpaired) electrons. The van der Waals surface area contributed by atoms with Crippen LogP contribution in [0.25, 0.3) is 0 Å². The van der Waals surface area contributed by atoms with Crippen molar-refractivity contribution in [2.24, 2.45) is 10.9 Å². The lowest BCUT2D eigenvalue weighted by atomic mass is 10.2. The zero-order valence-electron chi connectivity index (χ0n) is 11.9. The minimum atomic E-state index is 0.813. The number of nitrogens with one attached hydrogen (secondary N) is 2. The topological polar surface area (TPSA) is 39.7 Å². The van der Waals surface area contributed by atoms with E-state index in [9.17, 15) is 0 Å². The smallest absolute Gasteiger partial charge is 0.191 e. The van der Waals surface area contributed by atoms with Crippen molar-refractivity contribution in [3.63, 3.8) is 0 Å². The van der Waals surface area contributed by atoms with Crippen LogP contribution in [-0.4, -0.2) is 50.6 Å². The van der Waals surface area contributed by atoms with Crippen molar-refractivity contribution < 1.29 is 0 Å². The molecule has 2 saturated carbocycles. The van der Waals surface area contributed by atoms with Crippen molar-refractivity contribution in [2.75, 3.05) is 33.7 Å². The molecule has 0 atom stereocenters. The average Bonchev–Trinajstić information content (AvgIpc) is 3.04. The predicted molar refractivity (Wildman–Crippen MR) is 77.0 cm³/mol. The Morgan fingerprint density at radius 2 is 1.89 bits per heavy atom. The maximum Gasteiger partial charge on any atom is 0.191 e. The Morgan fingerprint density at radius 1 is 1.17 bits per heavy atom. The van der Waals surface area contributed by atoms with Crippen LogP contribution in [-0.2, 0) is 0 Å². The number of hydrogen-bond donors (Lipinski definition) is 2. The lowest BCUT2D eigenvalue weighted by molar-refractivity contribution is 0.249. The van der Waals surface area contributed by atoms with E-state index >= 15 is 0 Å². The quantitative estimate of drug-likeness (QED) is 0.555. The normalized spacial score (nSPS) is 21.6. The first kappa shape index (κ1) is 13.7. The van der Waals surface area contributed by atoms with Gasteiger partial charge in [0.15, 0.2) is 5.96 Å². The number of hydrogen-bond acceptors (Lipinski definition) is 2. The SMILES string of the molecule is CN=C(NCCN(C)C1CCCC1)NCC1CC1. The minimum absolute atomic E-state index is 0.813. The molecule has 0 heterocycles. The molecule has 0 aromatic carbocycles. The first-order valence-electron chi connectivity index (χ1n) is 7.44. The summed E-state index contributed by atoms with van der Waals surface area (Å²) in [6.45, 7) is 3.17. The second-order valence-electron chi connectivity index (χ2n) is 5.74. The van der Waals surface area contributed by atoms with E-state index in [1.54, 1.807) is 0 Å². The molecular weight excluding hydrogens is 224 g/mol. The number of nitrogens with zero attached hydrogens (tertiary/aromatic N) is 2. The molecule has 2 aliphatic carbocycles. The molecule has 0 amide bonds. The molecule has 104 valence electrons. The molecule has 0 bridgehead atoms. The molecule has 4 heteroatoms. The summed E-state index contributed by atoms with van der Waals surface area (Å²) in [5.74, 6) is 1.85. The van der Waals surface area contributed by atoms with Gasteiger partial charge in [-0.25, -0.2) is 0 Å². The highest BCUT2D eigenvalue weighted by Gasteiger charge is 2.21. The van der Waals surface area contributed by atoms with Crippen molar-refractivity contribution in [1.29, 1.82) is 0 Å². The second-order valence-corrected chi connectivity index (χ2v) is 5.74. The molecule has 2 N–H and O–H groups in total. The summed E-state index contributed by atoms with van der Waals surface area (Å²) < 4.78 is 0. The molecule has 0 aromatic rings. The van der Waals surface area contributed by atoms with E-state index in [0.29, 0.717) is 0 Å². The van der Waals surface area contributed by atoms with E-state index in [2.05, 4.69) is 27.6 Å². The van der Waals surface area contributed by atoms with Gasteiger partial charge in [-0.05, 0) is 38.6 Å². The highest BCUT2D eigenvalue weighted by Crippen LogP contribution is 2.27. The average molecular weight is 252 g/mol. The number of rotatable bonds is 6. The Morgan fingerprint density at radius 3 is 2.50 bits per heavy atom. The third kappa shape index (κ3) is 4.48. The lowest BCUT2D eigenvalue weighted by Gasteiger charge is -2.24. The third-order valence-electron chi connectivity index (χ3n) is 4.18. The van der Waals surface area contributed by atoms with Crippen molar-refractivity contribution >= 4 is 5.96 Å². The number of likely N-dealkylation sites (N-methyl/N-ethyl adjacent to an activating group) is 1.